The quantitative estimate of drug-likeness (QED) is 0.755. The van der Waals surface area contributed by atoms with E-state index < -0.39 is 23.5 Å². The van der Waals surface area contributed by atoms with Gasteiger partial charge in [-0.05, 0) is 43.2 Å². The minimum atomic E-state index is -0.827. The molecule has 1 aliphatic carbocycles. The summed E-state index contributed by atoms with van der Waals surface area (Å²) >= 11 is 0. The van der Waals surface area contributed by atoms with Gasteiger partial charge >= 0.3 is 5.97 Å². The Hall–Kier alpha value is -2.62. The highest BCUT2D eigenvalue weighted by atomic mass is 16.5. The smallest absolute Gasteiger partial charge is 0.328 e. The van der Waals surface area contributed by atoms with Gasteiger partial charge in [-0.1, -0.05) is 26.7 Å². The topological polar surface area (TPSA) is 101 Å². The normalized spacial score (nSPS) is 15.0. The zero-order valence-corrected chi connectivity index (χ0v) is 16.9. The highest BCUT2D eigenvalue weighted by Crippen LogP contribution is 2.20. The summed E-state index contributed by atoms with van der Waals surface area (Å²) < 4.78 is 6.35. The average molecular weight is 387 g/mol. The Morgan fingerprint density at radius 3 is 2.54 bits per heavy atom. The molecule has 1 amide bonds. The molecule has 1 aliphatic rings. The fourth-order valence-corrected chi connectivity index (χ4v) is 3.64. The second-order valence-corrected chi connectivity index (χ2v) is 7.53. The third-order valence-corrected chi connectivity index (χ3v) is 5.20. The summed E-state index contributed by atoms with van der Waals surface area (Å²) in [6.45, 7) is 3.87. The number of rotatable bonds is 6. The van der Waals surface area contributed by atoms with E-state index in [1.165, 1.54) is 7.11 Å². The van der Waals surface area contributed by atoms with Crippen LogP contribution in [0.25, 0.3) is 0 Å². The number of aryl methyl sites for hydroxylation is 1. The number of nitrogens with zero attached hydrogens (tertiary/aromatic N) is 2. The van der Waals surface area contributed by atoms with Gasteiger partial charge < -0.3 is 14.6 Å². The van der Waals surface area contributed by atoms with Gasteiger partial charge in [-0.15, -0.1) is 0 Å². The summed E-state index contributed by atoms with van der Waals surface area (Å²) in [5.74, 6) is -1.30. The molecule has 1 atom stereocenters. The van der Waals surface area contributed by atoms with Crippen LogP contribution in [0, 0.1) is 17.2 Å². The van der Waals surface area contributed by atoms with Crippen LogP contribution in [-0.4, -0.2) is 29.6 Å². The lowest BCUT2D eigenvalue weighted by atomic mass is 9.95. The van der Waals surface area contributed by atoms with E-state index in [9.17, 15) is 14.4 Å². The number of methoxy groups -OCH3 is 1. The number of fused-ring (bicyclic) bond motifs is 1. The van der Waals surface area contributed by atoms with Crippen LogP contribution >= 0.6 is 0 Å². The molecule has 1 heterocycles. The van der Waals surface area contributed by atoms with Crippen molar-refractivity contribution in [1.29, 1.82) is 5.26 Å². The standard InChI is InChI=1S/C21H29N3O4/c1-14(2)18(21(27)28-3)23-19(25)16-13-15-9-6-4-5-7-10-17(15)24(20(16)26)12-8-11-22/h13-14,18H,4-10,12H2,1-3H3,(H,23,25)/t18-/m0/s1. The second-order valence-electron chi connectivity index (χ2n) is 7.53. The Morgan fingerprint density at radius 2 is 1.93 bits per heavy atom. The van der Waals surface area contributed by atoms with E-state index in [0.717, 1.165) is 49.8 Å². The lowest BCUT2D eigenvalue weighted by Crippen LogP contribution is -2.47. The van der Waals surface area contributed by atoms with E-state index in [4.69, 9.17) is 10.00 Å². The number of aromatic nitrogens is 1. The monoisotopic (exact) mass is 387 g/mol. The van der Waals surface area contributed by atoms with Gasteiger partial charge in [0.2, 0.25) is 0 Å². The number of hydrogen-bond acceptors (Lipinski definition) is 5. The molecule has 0 spiro atoms. The second kappa shape index (κ2) is 10.1. The molecule has 0 saturated carbocycles. The van der Waals surface area contributed by atoms with Crippen molar-refractivity contribution >= 4 is 11.9 Å². The third kappa shape index (κ3) is 5.00. The van der Waals surface area contributed by atoms with E-state index in [-0.39, 0.29) is 24.4 Å². The number of carbonyl (C=O) groups excluding carboxylic acids is 2. The van der Waals surface area contributed by atoms with Crippen molar-refractivity contribution in [2.75, 3.05) is 7.11 Å². The first kappa shape index (κ1) is 21.7. The first-order chi connectivity index (χ1) is 13.4. The fourth-order valence-electron chi connectivity index (χ4n) is 3.64. The fraction of sp³-hybridized carbons (Fsp3) is 0.619. The zero-order valence-electron chi connectivity index (χ0n) is 16.9. The Labute approximate surface area is 165 Å². The van der Waals surface area contributed by atoms with E-state index in [1.54, 1.807) is 24.5 Å². The molecular formula is C21H29N3O4. The first-order valence-electron chi connectivity index (χ1n) is 9.92. The summed E-state index contributed by atoms with van der Waals surface area (Å²) in [5, 5.41) is 11.6. The molecule has 152 valence electrons. The Bertz CT molecular complexity index is 820. The van der Waals surface area contributed by atoms with Crippen LogP contribution in [0.2, 0.25) is 0 Å². The largest absolute Gasteiger partial charge is 0.467 e. The molecule has 2 rings (SSSR count). The number of nitrogens with one attached hydrogen (secondary N) is 1. The van der Waals surface area contributed by atoms with Gasteiger partial charge in [-0.2, -0.15) is 5.26 Å². The Kier molecular flexibility index (Phi) is 7.80. The van der Waals surface area contributed by atoms with Crippen LogP contribution in [-0.2, 0) is 28.9 Å². The Balaban J connectivity index is 2.46. The van der Waals surface area contributed by atoms with E-state index in [2.05, 4.69) is 11.4 Å². The number of amides is 1. The van der Waals surface area contributed by atoms with Crippen molar-refractivity contribution < 1.29 is 14.3 Å². The number of carbonyl (C=O) groups is 2. The molecule has 1 N–H and O–H groups in total. The third-order valence-electron chi connectivity index (χ3n) is 5.20. The van der Waals surface area contributed by atoms with Crippen LogP contribution in [0.3, 0.4) is 0 Å². The molecule has 0 unspecified atom stereocenters. The number of ether oxygens (including phenoxy) is 1. The van der Waals surface area contributed by atoms with Gasteiger partial charge in [0, 0.05) is 12.2 Å². The summed E-state index contributed by atoms with van der Waals surface area (Å²) in [6.07, 6.45) is 6.00. The molecule has 0 bridgehead atoms. The molecule has 0 fully saturated rings. The van der Waals surface area contributed by atoms with Crippen LogP contribution in [0.15, 0.2) is 10.9 Å². The minimum absolute atomic E-state index is 0.0202. The van der Waals surface area contributed by atoms with Crippen LogP contribution in [0.4, 0.5) is 0 Å². The van der Waals surface area contributed by atoms with Crippen molar-refractivity contribution in [3.8, 4) is 6.07 Å². The number of esters is 1. The van der Waals surface area contributed by atoms with E-state index >= 15 is 0 Å². The summed E-state index contributed by atoms with van der Waals surface area (Å²) in [7, 11) is 1.27. The van der Waals surface area contributed by atoms with E-state index in [0.29, 0.717) is 0 Å². The molecule has 1 aromatic rings. The van der Waals surface area contributed by atoms with E-state index in [1.807, 2.05) is 0 Å². The van der Waals surface area contributed by atoms with Crippen molar-refractivity contribution in [2.24, 2.45) is 5.92 Å². The molecule has 0 aliphatic heterocycles. The molecular weight excluding hydrogens is 358 g/mol. The Morgan fingerprint density at radius 1 is 1.25 bits per heavy atom. The maximum Gasteiger partial charge on any atom is 0.328 e. The van der Waals surface area contributed by atoms with Crippen LogP contribution in [0.1, 0.15) is 67.6 Å². The summed E-state index contributed by atoms with van der Waals surface area (Å²) in [5.41, 5.74) is 1.54. The first-order valence-corrected chi connectivity index (χ1v) is 9.92. The molecule has 0 saturated heterocycles. The maximum absolute atomic E-state index is 13.1. The maximum atomic E-state index is 13.1. The summed E-state index contributed by atoms with van der Waals surface area (Å²) in [6, 6.07) is 2.92. The molecule has 28 heavy (non-hydrogen) atoms. The van der Waals surface area contributed by atoms with Crippen LogP contribution in [0.5, 0.6) is 0 Å². The lowest BCUT2D eigenvalue weighted by Gasteiger charge is -2.22. The molecule has 0 radical (unpaired) electrons. The predicted octanol–water partition coefficient (Wildman–Crippen LogP) is 2.35. The van der Waals surface area contributed by atoms with Gasteiger partial charge in [0.25, 0.3) is 11.5 Å². The number of pyridine rings is 1. The molecule has 7 heteroatoms. The predicted molar refractivity (Wildman–Crippen MR) is 105 cm³/mol. The van der Waals surface area contributed by atoms with Gasteiger partial charge in [0.1, 0.15) is 11.6 Å². The highest BCUT2D eigenvalue weighted by Gasteiger charge is 2.27. The van der Waals surface area contributed by atoms with Crippen molar-refractivity contribution in [3.63, 3.8) is 0 Å². The van der Waals surface area contributed by atoms with Crippen molar-refractivity contribution in [1.82, 2.24) is 9.88 Å². The van der Waals surface area contributed by atoms with Crippen LogP contribution < -0.4 is 10.9 Å². The van der Waals surface area contributed by atoms with Gasteiger partial charge in [0.05, 0.1) is 19.6 Å². The van der Waals surface area contributed by atoms with Gasteiger partial charge in [-0.3, -0.25) is 9.59 Å². The number of hydrogen-bond donors (Lipinski definition) is 1. The van der Waals surface area contributed by atoms with Gasteiger partial charge in [0.15, 0.2) is 0 Å². The van der Waals surface area contributed by atoms with Gasteiger partial charge in [-0.25, -0.2) is 4.79 Å². The molecule has 1 aromatic heterocycles. The summed E-state index contributed by atoms with van der Waals surface area (Å²) in [4.78, 5) is 37.9. The van der Waals surface area contributed by atoms with Crippen molar-refractivity contribution in [2.45, 2.75) is 71.4 Å². The zero-order chi connectivity index (χ0) is 20.7. The average Bonchev–Trinajstić information content (AvgIpc) is 2.65. The molecule has 7 nitrogen and oxygen atoms in total. The highest BCUT2D eigenvalue weighted by molar-refractivity contribution is 5.96. The number of nitriles is 1. The molecule has 0 aromatic carbocycles. The lowest BCUT2D eigenvalue weighted by molar-refractivity contribution is -0.144. The van der Waals surface area contributed by atoms with Crippen molar-refractivity contribution in [3.05, 3.63) is 33.2 Å². The SMILES string of the molecule is COC(=O)[C@@H](NC(=O)c1cc2c(n(CCC#N)c1=O)CCCCCC2)C(C)C. The minimum Gasteiger partial charge on any atom is -0.467 e.